The van der Waals surface area contributed by atoms with E-state index in [1.54, 1.807) is 31.3 Å². The molecule has 1 aromatic carbocycles. The van der Waals surface area contributed by atoms with Crippen molar-refractivity contribution in [2.24, 2.45) is 0 Å². The number of imidazole rings is 1. The van der Waals surface area contributed by atoms with Gasteiger partial charge in [0.1, 0.15) is 11.8 Å². The maximum Gasteiger partial charge on any atom is 0.168 e. The Balaban J connectivity index is 1.40. The summed E-state index contributed by atoms with van der Waals surface area (Å²) in [6.07, 6.45) is 18.3. The topological polar surface area (TPSA) is 56.1 Å². The number of aromatic nitrogens is 4. The molecule has 7 heteroatoms. The zero-order chi connectivity index (χ0) is 25.3. The molecule has 0 saturated carbocycles. The lowest BCUT2D eigenvalue weighted by atomic mass is 10.0. The van der Waals surface area contributed by atoms with Gasteiger partial charge >= 0.3 is 0 Å². The van der Waals surface area contributed by atoms with Crippen LogP contribution >= 0.6 is 11.8 Å². The SMILES string of the molecule is CCCCCCCCC/C(C)=C\c1ncn(Cc2ccc3c(c2)N(COC)c2nccnc2S3)c1C. The van der Waals surface area contributed by atoms with Crippen LogP contribution in [0.3, 0.4) is 0 Å². The van der Waals surface area contributed by atoms with Gasteiger partial charge in [-0.15, -0.1) is 0 Å². The van der Waals surface area contributed by atoms with Crippen LogP contribution in [-0.4, -0.2) is 33.4 Å². The Kier molecular flexibility index (Phi) is 9.59. The van der Waals surface area contributed by atoms with Crippen LogP contribution in [0.4, 0.5) is 11.5 Å². The maximum absolute atomic E-state index is 5.50. The highest BCUT2D eigenvalue weighted by molar-refractivity contribution is 7.99. The first-order valence-electron chi connectivity index (χ1n) is 13.2. The summed E-state index contributed by atoms with van der Waals surface area (Å²) in [6, 6.07) is 6.60. The van der Waals surface area contributed by atoms with E-state index in [1.165, 1.54) is 61.8 Å². The van der Waals surface area contributed by atoms with Crippen molar-refractivity contribution in [3.8, 4) is 0 Å². The molecule has 192 valence electrons. The van der Waals surface area contributed by atoms with Gasteiger partial charge < -0.3 is 9.30 Å². The number of unbranched alkanes of at least 4 members (excludes halogenated alkanes) is 6. The molecule has 0 unspecified atom stereocenters. The Labute approximate surface area is 220 Å². The molecule has 0 amide bonds. The van der Waals surface area contributed by atoms with Gasteiger partial charge in [0, 0.05) is 36.6 Å². The van der Waals surface area contributed by atoms with Crippen LogP contribution in [0.1, 0.15) is 82.2 Å². The van der Waals surface area contributed by atoms with Crippen molar-refractivity contribution in [1.82, 2.24) is 19.5 Å². The molecule has 3 aromatic rings. The molecule has 0 spiro atoms. The number of hydrogen-bond acceptors (Lipinski definition) is 6. The van der Waals surface area contributed by atoms with Crippen molar-refractivity contribution in [3.63, 3.8) is 0 Å². The Bertz CT molecular complexity index is 1170. The molecule has 0 N–H and O–H groups in total. The Morgan fingerprint density at radius 1 is 1.03 bits per heavy atom. The summed E-state index contributed by atoms with van der Waals surface area (Å²) < 4.78 is 7.73. The van der Waals surface area contributed by atoms with Gasteiger partial charge in [-0.25, -0.2) is 15.0 Å². The summed E-state index contributed by atoms with van der Waals surface area (Å²) in [5.74, 6) is 0.844. The van der Waals surface area contributed by atoms with Crippen LogP contribution in [0.5, 0.6) is 0 Å². The van der Waals surface area contributed by atoms with Crippen molar-refractivity contribution < 1.29 is 4.74 Å². The highest BCUT2D eigenvalue weighted by Gasteiger charge is 2.25. The lowest BCUT2D eigenvalue weighted by molar-refractivity contribution is 0.204. The lowest BCUT2D eigenvalue weighted by Crippen LogP contribution is -2.24. The van der Waals surface area contributed by atoms with E-state index in [9.17, 15) is 0 Å². The molecule has 3 heterocycles. The van der Waals surface area contributed by atoms with Crippen molar-refractivity contribution in [2.45, 2.75) is 88.6 Å². The number of benzene rings is 1. The second-order valence-corrected chi connectivity index (χ2v) is 10.7. The van der Waals surface area contributed by atoms with Crippen molar-refractivity contribution in [1.29, 1.82) is 0 Å². The van der Waals surface area contributed by atoms with Gasteiger partial charge in [0.2, 0.25) is 0 Å². The average Bonchev–Trinajstić information content (AvgIpc) is 3.22. The summed E-state index contributed by atoms with van der Waals surface area (Å²) in [5.41, 5.74) is 6.02. The molecule has 0 fully saturated rings. The van der Waals surface area contributed by atoms with E-state index in [0.717, 1.165) is 40.1 Å². The Morgan fingerprint density at radius 3 is 2.61 bits per heavy atom. The summed E-state index contributed by atoms with van der Waals surface area (Å²) in [7, 11) is 1.71. The van der Waals surface area contributed by atoms with Gasteiger partial charge in [-0.05, 0) is 50.5 Å². The zero-order valence-electron chi connectivity index (χ0n) is 22.2. The number of fused-ring (bicyclic) bond motifs is 2. The minimum atomic E-state index is 0.430. The summed E-state index contributed by atoms with van der Waals surface area (Å²) >= 11 is 1.66. The third-order valence-corrected chi connectivity index (χ3v) is 7.78. The first-order chi connectivity index (χ1) is 17.6. The fourth-order valence-electron chi connectivity index (χ4n) is 4.64. The second kappa shape index (κ2) is 13.1. The van der Waals surface area contributed by atoms with Gasteiger partial charge in [0.05, 0.1) is 17.7 Å². The number of allylic oxidation sites excluding steroid dienone is 1. The zero-order valence-corrected chi connectivity index (χ0v) is 23.0. The van der Waals surface area contributed by atoms with Crippen molar-refractivity contribution in [2.75, 3.05) is 18.7 Å². The molecule has 0 saturated heterocycles. The van der Waals surface area contributed by atoms with Crippen LogP contribution in [0.25, 0.3) is 6.08 Å². The quantitative estimate of drug-likeness (QED) is 0.221. The van der Waals surface area contributed by atoms with Gasteiger partial charge in [-0.3, -0.25) is 4.90 Å². The van der Waals surface area contributed by atoms with E-state index in [1.807, 2.05) is 6.33 Å². The van der Waals surface area contributed by atoms with Gasteiger partial charge in [-0.2, -0.15) is 0 Å². The number of hydrogen-bond donors (Lipinski definition) is 0. The Morgan fingerprint density at radius 2 is 1.81 bits per heavy atom. The second-order valence-electron chi connectivity index (χ2n) is 9.64. The number of anilines is 2. The normalized spacial score (nSPS) is 13.1. The highest BCUT2D eigenvalue weighted by Crippen LogP contribution is 2.46. The molecule has 0 aliphatic carbocycles. The molecular weight excluding hydrogens is 466 g/mol. The predicted molar refractivity (Wildman–Crippen MR) is 149 cm³/mol. The molecule has 6 nitrogen and oxygen atoms in total. The van der Waals surface area contributed by atoms with Crippen LogP contribution in [0.2, 0.25) is 0 Å². The van der Waals surface area contributed by atoms with Gasteiger partial charge in [0.25, 0.3) is 0 Å². The third kappa shape index (κ3) is 6.56. The summed E-state index contributed by atoms with van der Waals surface area (Å²) in [5, 5.41) is 0.906. The lowest BCUT2D eigenvalue weighted by Gasteiger charge is -2.30. The smallest absolute Gasteiger partial charge is 0.168 e. The molecule has 1 aliphatic rings. The minimum absolute atomic E-state index is 0.430. The monoisotopic (exact) mass is 505 g/mol. The highest BCUT2D eigenvalue weighted by atomic mass is 32.2. The molecule has 0 atom stereocenters. The molecule has 4 rings (SSSR count). The molecule has 0 radical (unpaired) electrons. The summed E-state index contributed by atoms with van der Waals surface area (Å²) in [6.45, 7) is 7.88. The van der Waals surface area contributed by atoms with Crippen LogP contribution in [-0.2, 0) is 11.3 Å². The largest absolute Gasteiger partial charge is 0.364 e. The van der Waals surface area contributed by atoms with E-state index < -0.39 is 0 Å². The molecule has 1 aliphatic heterocycles. The first kappa shape index (κ1) is 26.4. The predicted octanol–water partition coefficient (Wildman–Crippen LogP) is 7.78. The molecular formula is C29H39N5OS. The number of methoxy groups -OCH3 is 1. The van der Waals surface area contributed by atoms with E-state index in [2.05, 4.69) is 64.5 Å². The van der Waals surface area contributed by atoms with Crippen molar-refractivity contribution >= 4 is 29.3 Å². The van der Waals surface area contributed by atoms with Crippen LogP contribution in [0, 0.1) is 6.92 Å². The van der Waals surface area contributed by atoms with Crippen LogP contribution in [0.15, 0.2) is 52.4 Å². The van der Waals surface area contributed by atoms with Crippen molar-refractivity contribution in [3.05, 3.63) is 59.4 Å². The van der Waals surface area contributed by atoms with Gasteiger partial charge in [0.15, 0.2) is 5.82 Å². The molecule has 0 bridgehead atoms. The number of rotatable bonds is 13. The fraction of sp³-hybridized carbons (Fsp3) is 0.483. The molecule has 36 heavy (non-hydrogen) atoms. The standard InChI is InChI=1S/C29H39N5OS/c1-5-6-7-8-9-10-11-12-22(2)17-25-23(3)33(20-32-25)19-24-13-14-27-26(18-24)34(21-35-4)28-29(36-27)31-16-15-30-28/h13-18,20H,5-12,19,21H2,1-4H3/b22-17-. The Hall–Kier alpha value is -2.64. The third-order valence-electron chi connectivity index (χ3n) is 6.73. The molecule has 2 aromatic heterocycles. The maximum atomic E-state index is 5.50. The van der Waals surface area contributed by atoms with E-state index >= 15 is 0 Å². The number of ether oxygens (including phenoxy) is 1. The van der Waals surface area contributed by atoms with E-state index in [4.69, 9.17) is 9.72 Å². The summed E-state index contributed by atoms with van der Waals surface area (Å²) in [4.78, 5) is 17.0. The van der Waals surface area contributed by atoms with Gasteiger partial charge in [-0.1, -0.05) is 68.9 Å². The van der Waals surface area contributed by atoms with E-state index in [-0.39, 0.29) is 0 Å². The van der Waals surface area contributed by atoms with Crippen LogP contribution < -0.4 is 4.90 Å². The first-order valence-corrected chi connectivity index (χ1v) is 14.0. The average molecular weight is 506 g/mol. The number of nitrogens with zero attached hydrogens (tertiary/aromatic N) is 5. The fourth-order valence-corrected chi connectivity index (χ4v) is 5.62. The van der Waals surface area contributed by atoms with E-state index in [0.29, 0.717) is 6.73 Å². The minimum Gasteiger partial charge on any atom is -0.364 e.